The van der Waals surface area contributed by atoms with E-state index in [9.17, 15) is 10.3 Å². The first-order valence-corrected chi connectivity index (χ1v) is 8.81. The molecule has 2 N–H and O–H groups in total. The summed E-state index contributed by atoms with van der Waals surface area (Å²) >= 11 is 0. The predicted octanol–water partition coefficient (Wildman–Crippen LogP) is 5.50. The number of phenols is 1. The standard InChI is InChI=1S/C19H31NO3/c1-3-4-5-6-7-8-9-10-11-12-18(20-22)17-15-16(23-2)13-14-19(17)21/h13-15,21-22H,3-12H2,1-2H3/b20-18+. The van der Waals surface area contributed by atoms with E-state index >= 15 is 0 Å². The van der Waals surface area contributed by atoms with Gasteiger partial charge in [-0.15, -0.1) is 0 Å². The molecule has 0 spiro atoms. The topological polar surface area (TPSA) is 62.1 Å². The van der Waals surface area contributed by atoms with Crippen molar-refractivity contribution < 1.29 is 15.1 Å². The summed E-state index contributed by atoms with van der Waals surface area (Å²) in [6.45, 7) is 2.24. The third-order valence-electron chi connectivity index (χ3n) is 4.15. The van der Waals surface area contributed by atoms with Gasteiger partial charge in [-0.05, 0) is 31.0 Å². The summed E-state index contributed by atoms with van der Waals surface area (Å²) in [5, 5.41) is 22.5. The van der Waals surface area contributed by atoms with Crippen LogP contribution in [-0.4, -0.2) is 23.1 Å². The molecule has 0 aliphatic carbocycles. The van der Waals surface area contributed by atoms with E-state index in [1.165, 1.54) is 44.9 Å². The average molecular weight is 321 g/mol. The molecule has 0 unspecified atom stereocenters. The molecule has 130 valence electrons. The molecule has 0 fully saturated rings. The van der Waals surface area contributed by atoms with Gasteiger partial charge in [-0.3, -0.25) is 0 Å². The van der Waals surface area contributed by atoms with Crippen LogP contribution in [0.1, 0.15) is 76.7 Å². The van der Waals surface area contributed by atoms with Crippen LogP contribution in [0.4, 0.5) is 0 Å². The number of hydrogen-bond acceptors (Lipinski definition) is 4. The summed E-state index contributed by atoms with van der Waals surface area (Å²) in [7, 11) is 1.58. The van der Waals surface area contributed by atoms with Gasteiger partial charge in [0.25, 0.3) is 0 Å². The Labute approximate surface area is 140 Å². The van der Waals surface area contributed by atoms with E-state index in [0.29, 0.717) is 23.4 Å². The Hall–Kier alpha value is -1.71. The number of rotatable bonds is 12. The lowest BCUT2D eigenvalue weighted by atomic mass is 10.0. The van der Waals surface area contributed by atoms with Crippen LogP contribution in [0.2, 0.25) is 0 Å². The molecule has 4 heteroatoms. The van der Waals surface area contributed by atoms with E-state index in [-0.39, 0.29) is 5.75 Å². The third-order valence-corrected chi connectivity index (χ3v) is 4.15. The number of unbranched alkanes of at least 4 members (excludes halogenated alkanes) is 8. The van der Waals surface area contributed by atoms with Crippen molar-refractivity contribution in [1.29, 1.82) is 0 Å². The largest absolute Gasteiger partial charge is 0.507 e. The number of nitrogens with zero attached hydrogens (tertiary/aromatic N) is 1. The van der Waals surface area contributed by atoms with E-state index < -0.39 is 0 Å². The minimum absolute atomic E-state index is 0.120. The predicted molar refractivity (Wildman–Crippen MR) is 94.8 cm³/mol. The lowest BCUT2D eigenvalue weighted by molar-refractivity contribution is 0.317. The minimum Gasteiger partial charge on any atom is -0.507 e. The van der Waals surface area contributed by atoms with E-state index in [4.69, 9.17) is 4.74 Å². The van der Waals surface area contributed by atoms with Crippen molar-refractivity contribution in [2.24, 2.45) is 5.16 Å². The molecule has 0 aliphatic rings. The van der Waals surface area contributed by atoms with Crippen molar-refractivity contribution in [1.82, 2.24) is 0 Å². The second kappa shape index (κ2) is 11.8. The second-order valence-electron chi connectivity index (χ2n) is 6.01. The Balaban J connectivity index is 2.30. The highest BCUT2D eigenvalue weighted by Crippen LogP contribution is 2.25. The van der Waals surface area contributed by atoms with Crippen molar-refractivity contribution in [3.05, 3.63) is 23.8 Å². The minimum atomic E-state index is 0.120. The monoisotopic (exact) mass is 321 g/mol. The van der Waals surface area contributed by atoms with Gasteiger partial charge in [0.2, 0.25) is 0 Å². The van der Waals surface area contributed by atoms with E-state index in [1.54, 1.807) is 25.3 Å². The first-order chi connectivity index (χ1) is 11.2. The lowest BCUT2D eigenvalue weighted by Gasteiger charge is -2.09. The fourth-order valence-corrected chi connectivity index (χ4v) is 2.71. The zero-order valence-corrected chi connectivity index (χ0v) is 14.6. The van der Waals surface area contributed by atoms with Gasteiger partial charge in [0.05, 0.1) is 12.8 Å². The molecule has 0 aliphatic heterocycles. The summed E-state index contributed by atoms with van der Waals surface area (Å²) < 4.78 is 5.15. The van der Waals surface area contributed by atoms with Crippen molar-refractivity contribution in [2.75, 3.05) is 7.11 Å². The van der Waals surface area contributed by atoms with Gasteiger partial charge in [0.1, 0.15) is 11.5 Å². The van der Waals surface area contributed by atoms with Crippen molar-refractivity contribution in [3.63, 3.8) is 0 Å². The molecular formula is C19H31NO3. The van der Waals surface area contributed by atoms with E-state index in [2.05, 4.69) is 12.1 Å². The zero-order chi connectivity index (χ0) is 16.9. The maximum atomic E-state index is 9.93. The van der Waals surface area contributed by atoms with Crippen molar-refractivity contribution in [3.8, 4) is 11.5 Å². The molecule has 0 radical (unpaired) electrons. The highest BCUT2D eigenvalue weighted by atomic mass is 16.5. The SMILES string of the molecule is CCCCCCCCCCC/C(=N\O)c1cc(OC)ccc1O. The van der Waals surface area contributed by atoms with Gasteiger partial charge in [-0.2, -0.15) is 0 Å². The molecule has 0 aromatic heterocycles. The van der Waals surface area contributed by atoms with Gasteiger partial charge in [-0.1, -0.05) is 63.4 Å². The number of ether oxygens (including phenoxy) is 1. The maximum absolute atomic E-state index is 9.93. The number of aromatic hydroxyl groups is 1. The summed E-state index contributed by atoms with van der Waals surface area (Å²) in [5.41, 5.74) is 1.07. The maximum Gasteiger partial charge on any atom is 0.125 e. The van der Waals surface area contributed by atoms with Crippen LogP contribution in [-0.2, 0) is 0 Å². The van der Waals surface area contributed by atoms with E-state index in [0.717, 1.165) is 12.8 Å². The van der Waals surface area contributed by atoms with Gasteiger partial charge in [0, 0.05) is 5.56 Å². The molecule has 23 heavy (non-hydrogen) atoms. The van der Waals surface area contributed by atoms with Gasteiger partial charge >= 0.3 is 0 Å². The highest BCUT2D eigenvalue weighted by molar-refractivity contribution is 6.02. The summed E-state index contributed by atoms with van der Waals surface area (Å²) in [5.74, 6) is 0.764. The molecule has 1 aromatic rings. The normalized spacial score (nSPS) is 11.7. The Morgan fingerprint density at radius 3 is 2.17 bits per heavy atom. The highest BCUT2D eigenvalue weighted by Gasteiger charge is 2.11. The number of phenolic OH excluding ortho intramolecular Hbond substituents is 1. The Morgan fingerprint density at radius 1 is 1.00 bits per heavy atom. The van der Waals surface area contributed by atoms with Gasteiger partial charge < -0.3 is 15.1 Å². The van der Waals surface area contributed by atoms with Gasteiger partial charge in [0.15, 0.2) is 0 Å². The van der Waals surface area contributed by atoms with Crippen LogP contribution < -0.4 is 4.74 Å². The quantitative estimate of drug-likeness (QED) is 0.231. The Kier molecular flexibility index (Phi) is 9.92. The van der Waals surface area contributed by atoms with Crippen LogP contribution in [0.5, 0.6) is 11.5 Å². The fourth-order valence-electron chi connectivity index (χ4n) is 2.71. The lowest BCUT2D eigenvalue weighted by Crippen LogP contribution is -2.02. The summed E-state index contributed by atoms with van der Waals surface area (Å²) in [6, 6.07) is 4.96. The van der Waals surface area contributed by atoms with Gasteiger partial charge in [-0.25, -0.2) is 0 Å². The molecule has 0 amide bonds. The molecule has 0 heterocycles. The number of benzene rings is 1. The fraction of sp³-hybridized carbons (Fsp3) is 0.632. The second-order valence-corrected chi connectivity index (χ2v) is 6.01. The number of methoxy groups -OCH3 is 1. The van der Waals surface area contributed by atoms with Crippen LogP contribution in [0, 0.1) is 0 Å². The zero-order valence-electron chi connectivity index (χ0n) is 14.6. The molecule has 0 saturated carbocycles. The Bertz CT molecular complexity index is 472. The average Bonchev–Trinajstić information content (AvgIpc) is 2.58. The van der Waals surface area contributed by atoms with Crippen LogP contribution in [0.15, 0.2) is 23.4 Å². The molecular weight excluding hydrogens is 290 g/mol. The van der Waals surface area contributed by atoms with Crippen molar-refractivity contribution in [2.45, 2.75) is 71.1 Å². The molecule has 1 rings (SSSR count). The summed E-state index contributed by atoms with van der Waals surface area (Å²) in [6.07, 6.45) is 11.9. The smallest absolute Gasteiger partial charge is 0.125 e. The molecule has 0 bridgehead atoms. The van der Waals surface area contributed by atoms with Crippen LogP contribution in [0.25, 0.3) is 0 Å². The van der Waals surface area contributed by atoms with Crippen LogP contribution in [0.3, 0.4) is 0 Å². The molecule has 4 nitrogen and oxygen atoms in total. The summed E-state index contributed by atoms with van der Waals surface area (Å²) in [4.78, 5) is 0. The van der Waals surface area contributed by atoms with Crippen molar-refractivity contribution >= 4 is 5.71 Å². The Morgan fingerprint density at radius 2 is 1.61 bits per heavy atom. The first kappa shape index (κ1) is 19.3. The molecule has 1 aromatic carbocycles. The molecule has 0 saturated heterocycles. The number of hydrogen-bond donors (Lipinski definition) is 2. The third kappa shape index (κ3) is 7.40. The number of oxime groups is 1. The van der Waals surface area contributed by atoms with Crippen LogP contribution >= 0.6 is 0 Å². The molecule has 0 atom stereocenters. The van der Waals surface area contributed by atoms with E-state index in [1.807, 2.05) is 0 Å². The first-order valence-electron chi connectivity index (χ1n) is 8.81.